The number of ether oxygens (including phenoxy) is 3. The van der Waals surface area contributed by atoms with Crippen molar-refractivity contribution >= 4 is 15.9 Å². The molecule has 0 saturated carbocycles. The number of halogens is 1. The van der Waals surface area contributed by atoms with E-state index in [1.807, 2.05) is 66.7 Å². The molecule has 3 aromatic carbocycles. The van der Waals surface area contributed by atoms with Crippen LogP contribution >= 0.6 is 15.9 Å². The van der Waals surface area contributed by atoms with Crippen molar-refractivity contribution in [3.63, 3.8) is 0 Å². The number of hydrogen-bond acceptors (Lipinski definition) is 6. The molecule has 0 saturated heterocycles. The van der Waals surface area contributed by atoms with Gasteiger partial charge < -0.3 is 18.6 Å². The molecular formula is C22H15BrN2O4. The first kappa shape index (κ1) is 17.8. The first-order valence-corrected chi connectivity index (χ1v) is 9.75. The lowest BCUT2D eigenvalue weighted by Crippen LogP contribution is -1.95. The van der Waals surface area contributed by atoms with Crippen molar-refractivity contribution in [1.29, 1.82) is 0 Å². The molecule has 2 heterocycles. The van der Waals surface area contributed by atoms with E-state index < -0.39 is 0 Å². The summed E-state index contributed by atoms with van der Waals surface area (Å²) in [6, 6.07) is 21.1. The molecule has 4 aromatic rings. The fraction of sp³-hybridized carbons (Fsp3) is 0.0909. The molecule has 0 fully saturated rings. The van der Waals surface area contributed by atoms with E-state index in [9.17, 15) is 0 Å². The fourth-order valence-corrected chi connectivity index (χ4v) is 3.24. The molecule has 0 N–H and O–H groups in total. The van der Waals surface area contributed by atoms with Crippen molar-refractivity contribution in [3.05, 3.63) is 76.8 Å². The lowest BCUT2D eigenvalue weighted by Gasteiger charge is -2.07. The summed E-state index contributed by atoms with van der Waals surface area (Å²) in [5.74, 6) is 3.07. The predicted octanol–water partition coefficient (Wildman–Crippen LogP) is 5.47. The molecule has 0 amide bonds. The summed E-state index contributed by atoms with van der Waals surface area (Å²) >= 11 is 3.42. The minimum absolute atomic E-state index is 0.225. The molecule has 5 rings (SSSR count). The van der Waals surface area contributed by atoms with Gasteiger partial charge in [-0.05, 0) is 60.2 Å². The van der Waals surface area contributed by atoms with Crippen molar-refractivity contribution in [2.75, 3.05) is 6.79 Å². The number of aromatic nitrogens is 2. The van der Waals surface area contributed by atoms with Gasteiger partial charge in [-0.3, -0.25) is 0 Å². The molecule has 0 bridgehead atoms. The van der Waals surface area contributed by atoms with Crippen LogP contribution in [0.2, 0.25) is 0 Å². The minimum Gasteiger partial charge on any atom is -0.489 e. The van der Waals surface area contributed by atoms with E-state index in [1.165, 1.54) is 0 Å². The molecule has 0 aliphatic carbocycles. The maximum absolute atomic E-state index is 5.88. The van der Waals surface area contributed by atoms with Crippen LogP contribution in [0.4, 0.5) is 0 Å². The van der Waals surface area contributed by atoms with Gasteiger partial charge in [0.2, 0.25) is 18.6 Å². The van der Waals surface area contributed by atoms with E-state index in [4.69, 9.17) is 18.6 Å². The maximum Gasteiger partial charge on any atom is 0.248 e. The van der Waals surface area contributed by atoms with E-state index in [2.05, 4.69) is 26.1 Å². The van der Waals surface area contributed by atoms with E-state index in [-0.39, 0.29) is 6.79 Å². The second-order valence-electron chi connectivity index (χ2n) is 6.42. The Morgan fingerprint density at radius 1 is 0.828 bits per heavy atom. The zero-order valence-corrected chi connectivity index (χ0v) is 16.8. The summed E-state index contributed by atoms with van der Waals surface area (Å²) in [5.41, 5.74) is 2.62. The normalized spacial score (nSPS) is 12.2. The van der Waals surface area contributed by atoms with Gasteiger partial charge in [0, 0.05) is 15.6 Å². The van der Waals surface area contributed by atoms with Crippen LogP contribution < -0.4 is 14.2 Å². The predicted molar refractivity (Wildman–Crippen MR) is 110 cm³/mol. The second kappa shape index (κ2) is 7.60. The first-order valence-electron chi connectivity index (χ1n) is 8.96. The minimum atomic E-state index is 0.225. The lowest BCUT2D eigenvalue weighted by atomic mass is 10.1. The average molecular weight is 451 g/mol. The highest BCUT2D eigenvalue weighted by Crippen LogP contribution is 2.36. The standard InChI is InChI=1S/C22H15BrN2O4/c23-17-5-7-18(8-6-17)26-12-14-2-1-3-15(10-14)21-24-25-22(29-21)16-4-9-19-20(11-16)28-13-27-19/h1-11H,12-13H2. The molecule has 0 atom stereocenters. The lowest BCUT2D eigenvalue weighted by molar-refractivity contribution is 0.174. The third-order valence-corrected chi connectivity index (χ3v) is 4.97. The number of benzene rings is 3. The number of nitrogens with zero attached hydrogens (tertiary/aromatic N) is 2. The van der Waals surface area contributed by atoms with Gasteiger partial charge in [-0.15, -0.1) is 10.2 Å². The molecule has 0 spiro atoms. The van der Waals surface area contributed by atoms with Gasteiger partial charge in [-0.25, -0.2) is 0 Å². The zero-order valence-electron chi connectivity index (χ0n) is 15.2. The topological polar surface area (TPSA) is 66.6 Å². The largest absolute Gasteiger partial charge is 0.489 e. The van der Waals surface area contributed by atoms with E-state index >= 15 is 0 Å². The Bertz CT molecular complexity index is 1160. The summed E-state index contributed by atoms with van der Waals surface area (Å²) < 4.78 is 23.5. The van der Waals surface area contributed by atoms with Gasteiger partial charge in [0.25, 0.3) is 0 Å². The maximum atomic E-state index is 5.88. The quantitative estimate of drug-likeness (QED) is 0.401. The highest BCUT2D eigenvalue weighted by molar-refractivity contribution is 9.10. The van der Waals surface area contributed by atoms with E-state index in [0.717, 1.165) is 26.9 Å². The molecular weight excluding hydrogens is 436 g/mol. The summed E-state index contributed by atoms with van der Waals surface area (Å²) in [6.45, 7) is 0.668. The smallest absolute Gasteiger partial charge is 0.248 e. The van der Waals surface area contributed by atoms with Gasteiger partial charge in [0.1, 0.15) is 12.4 Å². The van der Waals surface area contributed by atoms with Crippen molar-refractivity contribution in [1.82, 2.24) is 10.2 Å². The second-order valence-corrected chi connectivity index (χ2v) is 7.34. The van der Waals surface area contributed by atoms with Crippen LogP contribution in [0.3, 0.4) is 0 Å². The van der Waals surface area contributed by atoms with Crippen molar-refractivity contribution < 1.29 is 18.6 Å². The third kappa shape index (κ3) is 3.82. The molecule has 1 aliphatic rings. The van der Waals surface area contributed by atoms with E-state index in [0.29, 0.717) is 29.9 Å². The van der Waals surface area contributed by atoms with Crippen LogP contribution in [-0.2, 0) is 6.61 Å². The van der Waals surface area contributed by atoms with Crippen LogP contribution in [0.1, 0.15) is 5.56 Å². The van der Waals surface area contributed by atoms with Gasteiger partial charge in [-0.2, -0.15) is 0 Å². The Hall–Kier alpha value is -3.32. The van der Waals surface area contributed by atoms with Crippen molar-refractivity contribution in [2.45, 2.75) is 6.61 Å². The van der Waals surface area contributed by atoms with Gasteiger partial charge in [0.15, 0.2) is 11.5 Å². The monoisotopic (exact) mass is 450 g/mol. The molecule has 29 heavy (non-hydrogen) atoms. The Morgan fingerprint density at radius 2 is 1.59 bits per heavy atom. The van der Waals surface area contributed by atoms with Gasteiger partial charge in [-0.1, -0.05) is 28.1 Å². The van der Waals surface area contributed by atoms with Crippen LogP contribution in [-0.4, -0.2) is 17.0 Å². The number of fused-ring (bicyclic) bond motifs is 1. The number of hydrogen-bond donors (Lipinski definition) is 0. The summed E-state index contributed by atoms with van der Waals surface area (Å²) in [4.78, 5) is 0. The van der Waals surface area contributed by atoms with E-state index in [1.54, 1.807) is 0 Å². The number of rotatable bonds is 5. The van der Waals surface area contributed by atoms with Crippen molar-refractivity contribution in [3.8, 4) is 40.2 Å². The van der Waals surface area contributed by atoms with Crippen LogP contribution in [0.25, 0.3) is 22.9 Å². The Morgan fingerprint density at radius 3 is 2.41 bits per heavy atom. The van der Waals surface area contributed by atoms with Crippen LogP contribution in [0.5, 0.6) is 17.2 Å². The Balaban J connectivity index is 1.34. The van der Waals surface area contributed by atoms with Crippen LogP contribution in [0, 0.1) is 0 Å². The van der Waals surface area contributed by atoms with Crippen LogP contribution in [0.15, 0.2) is 75.6 Å². The SMILES string of the molecule is Brc1ccc(OCc2cccc(-c3nnc(-c4ccc5c(c4)OCO5)o3)c2)cc1. The molecule has 6 nitrogen and oxygen atoms in total. The average Bonchev–Trinajstić information content (AvgIpc) is 3.43. The molecule has 0 unspecified atom stereocenters. The Kier molecular flexibility index (Phi) is 4.65. The summed E-state index contributed by atoms with van der Waals surface area (Å²) in [7, 11) is 0. The highest BCUT2D eigenvalue weighted by Gasteiger charge is 2.17. The Labute approximate surface area is 175 Å². The highest BCUT2D eigenvalue weighted by atomic mass is 79.9. The first-order chi connectivity index (χ1) is 14.2. The molecule has 1 aliphatic heterocycles. The molecule has 0 radical (unpaired) electrons. The summed E-state index contributed by atoms with van der Waals surface area (Å²) in [5, 5.41) is 8.36. The van der Waals surface area contributed by atoms with Crippen molar-refractivity contribution in [2.24, 2.45) is 0 Å². The fourth-order valence-electron chi connectivity index (χ4n) is 2.98. The molecule has 1 aromatic heterocycles. The zero-order chi connectivity index (χ0) is 19.6. The summed E-state index contributed by atoms with van der Waals surface area (Å²) in [6.07, 6.45) is 0. The molecule has 7 heteroatoms. The third-order valence-electron chi connectivity index (χ3n) is 4.44. The van der Waals surface area contributed by atoms with Gasteiger partial charge >= 0.3 is 0 Å². The molecule has 144 valence electrons. The van der Waals surface area contributed by atoms with Gasteiger partial charge in [0.05, 0.1) is 0 Å².